The number of hydrogen-bond acceptors (Lipinski definition) is 4. The van der Waals surface area contributed by atoms with Gasteiger partial charge in [-0.2, -0.15) is 0 Å². The van der Waals surface area contributed by atoms with E-state index >= 15 is 0 Å². The van der Waals surface area contributed by atoms with Gasteiger partial charge in [0, 0.05) is 45.0 Å². The van der Waals surface area contributed by atoms with E-state index < -0.39 is 0 Å². The molecule has 0 aliphatic carbocycles. The van der Waals surface area contributed by atoms with E-state index in [1.807, 2.05) is 45.0 Å². The van der Waals surface area contributed by atoms with Crippen molar-refractivity contribution in [3.63, 3.8) is 0 Å². The summed E-state index contributed by atoms with van der Waals surface area (Å²) in [5.41, 5.74) is 1.18. The Labute approximate surface area is 145 Å². The van der Waals surface area contributed by atoms with Crippen LogP contribution < -0.4 is 15.0 Å². The molecule has 0 saturated carbocycles. The van der Waals surface area contributed by atoms with Crippen LogP contribution in [0.4, 0.5) is 10.5 Å². The minimum atomic E-state index is 0.0391. The predicted octanol–water partition coefficient (Wildman–Crippen LogP) is 1.87. The monoisotopic (exact) mass is 334 g/mol. The molecule has 1 aliphatic rings. The molecule has 0 bridgehead atoms. The van der Waals surface area contributed by atoms with Crippen molar-refractivity contribution in [2.75, 3.05) is 58.3 Å². The van der Waals surface area contributed by atoms with Gasteiger partial charge in [0.2, 0.25) is 0 Å². The summed E-state index contributed by atoms with van der Waals surface area (Å²) in [6.07, 6.45) is 0.186. The minimum absolute atomic E-state index is 0.0391. The van der Waals surface area contributed by atoms with E-state index in [9.17, 15) is 4.79 Å². The number of rotatable bonds is 6. The van der Waals surface area contributed by atoms with E-state index in [1.54, 1.807) is 0 Å². The Bertz CT molecular complexity index is 508. The molecule has 6 heteroatoms. The number of urea groups is 1. The second-order valence-corrected chi connectivity index (χ2v) is 6.67. The maximum Gasteiger partial charge on any atom is 0.317 e. The molecule has 1 aliphatic heterocycles. The standard InChI is InChI=1S/C18H30N4O2/c1-15(2)24-17-7-5-16(6-8-17)21-11-13-22(14-12-21)18(23)19-9-10-20(3)4/h5-8,15H,9-14H2,1-4H3,(H,19,23). The van der Waals surface area contributed by atoms with Gasteiger partial charge in [-0.25, -0.2) is 4.79 Å². The number of likely N-dealkylation sites (N-methyl/N-ethyl adjacent to an activating group) is 1. The average Bonchev–Trinajstić information content (AvgIpc) is 2.55. The first-order valence-corrected chi connectivity index (χ1v) is 8.65. The van der Waals surface area contributed by atoms with Crippen LogP contribution in [0.1, 0.15) is 13.8 Å². The number of carbonyl (C=O) groups is 1. The summed E-state index contributed by atoms with van der Waals surface area (Å²) < 4.78 is 5.68. The summed E-state index contributed by atoms with van der Waals surface area (Å²) in [7, 11) is 4.00. The third-order valence-electron chi connectivity index (χ3n) is 3.98. The van der Waals surface area contributed by atoms with E-state index in [-0.39, 0.29) is 12.1 Å². The molecule has 1 heterocycles. The normalized spacial score (nSPS) is 15.1. The second kappa shape index (κ2) is 8.78. The van der Waals surface area contributed by atoms with Crippen molar-refractivity contribution in [2.24, 2.45) is 0 Å². The molecule has 0 spiro atoms. The molecule has 0 atom stereocenters. The van der Waals surface area contributed by atoms with E-state index in [1.165, 1.54) is 5.69 Å². The molecule has 1 fully saturated rings. The van der Waals surface area contributed by atoms with Crippen LogP contribution in [0.2, 0.25) is 0 Å². The summed E-state index contributed by atoms with van der Waals surface area (Å²) in [4.78, 5) is 18.4. The molecule has 1 aromatic rings. The number of anilines is 1. The molecule has 1 saturated heterocycles. The molecular weight excluding hydrogens is 304 g/mol. The van der Waals surface area contributed by atoms with Crippen molar-refractivity contribution in [2.45, 2.75) is 20.0 Å². The Balaban J connectivity index is 1.78. The van der Waals surface area contributed by atoms with Gasteiger partial charge in [-0.1, -0.05) is 0 Å². The zero-order chi connectivity index (χ0) is 17.5. The Morgan fingerprint density at radius 3 is 2.33 bits per heavy atom. The van der Waals surface area contributed by atoms with E-state index in [0.29, 0.717) is 6.54 Å². The molecule has 6 nitrogen and oxygen atoms in total. The molecule has 0 aromatic heterocycles. The van der Waals surface area contributed by atoms with Gasteiger partial charge in [0.05, 0.1) is 6.10 Å². The van der Waals surface area contributed by atoms with Gasteiger partial charge in [0.15, 0.2) is 0 Å². The van der Waals surface area contributed by atoms with Crippen LogP contribution >= 0.6 is 0 Å². The van der Waals surface area contributed by atoms with E-state index in [0.717, 1.165) is 38.5 Å². The maximum atomic E-state index is 12.1. The third-order valence-corrected chi connectivity index (χ3v) is 3.98. The van der Waals surface area contributed by atoms with Gasteiger partial charge < -0.3 is 24.8 Å². The molecule has 1 aromatic carbocycles. The van der Waals surface area contributed by atoms with Crippen molar-refractivity contribution in [3.8, 4) is 5.75 Å². The summed E-state index contributed by atoms with van der Waals surface area (Å²) >= 11 is 0. The number of ether oxygens (including phenoxy) is 1. The molecule has 2 amide bonds. The van der Waals surface area contributed by atoms with Crippen molar-refractivity contribution in [1.29, 1.82) is 0 Å². The Hall–Kier alpha value is -1.95. The fraction of sp³-hybridized carbons (Fsp3) is 0.611. The lowest BCUT2D eigenvalue weighted by molar-refractivity contribution is 0.193. The zero-order valence-corrected chi connectivity index (χ0v) is 15.3. The lowest BCUT2D eigenvalue weighted by Gasteiger charge is -2.36. The molecule has 0 unspecified atom stereocenters. The highest BCUT2D eigenvalue weighted by molar-refractivity contribution is 5.74. The average molecular weight is 334 g/mol. The smallest absolute Gasteiger partial charge is 0.317 e. The number of nitrogens with one attached hydrogen (secondary N) is 1. The van der Waals surface area contributed by atoms with Crippen molar-refractivity contribution in [3.05, 3.63) is 24.3 Å². The number of piperazine rings is 1. The summed E-state index contributed by atoms with van der Waals surface area (Å²) in [6, 6.07) is 8.23. The van der Waals surface area contributed by atoms with E-state index in [4.69, 9.17) is 4.74 Å². The van der Waals surface area contributed by atoms with E-state index in [2.05, 4.69) is 27.2 Å². The largest absolute Gasteiger partial charge is 0.491 e. The van der Waals surface area contributed by atoms with Crippen LogP contribution in [0.25, 0.3) is 0 Å². The molecule has 134 valence electrons. The van der Waals surface area contributed by atoms with Gasteiger partial charge in [-0.15, -0.1) is 0 Å². The Kier molecular flexibility index (Phi) is 6.73. The topological polar surface area (TPSA) is 48.1 Å². The predicted molar refractivity (Wildman–Crippen MR) is 97.9 cm³/mol. The fourth-order valence-electron chi connectivity index (χ4n) is 2.67. The maximum absolute atomic E-state index is 12.1. The first-order valence-electron chi connectivity index (χ1n) is 8.65. The van der Waals surface area contributed by atoms with Gasteiger partial charge >= 0.3 is 6.03 Å². The molecular formula is C18H30N4O2. The highest BCUT2D eigenvalue weighted by Gasteiger charge is 2.21. The summed E-state index contributed by atoms with van der Waals surface area (Å²) in [5.74, 6) is 0.896. The van der Waals surface area contributed by atoms with Crippen LogP contribution in [0.5, 0.6) is 5.75 Å². The second-order valence-electron chi connectivity index (χ2n) is 6.67. The lowest BCUT2D eigenvalue weighted by Crippen LogP contribution is -2.52. The Morgan fingerprint density at radius 2 is 1.79 bits per heavy atom. The van der Waals surface area contributed by atoms with Crippen molar-refractivity contribution < 1.29 is 9.53 Å². The fourth-order valence-corrected chi connectivity index (χ4v) is 2.67. The quantitative estimate of drug-likeness (QED) is 0.863. The third kappa shape index (κ3) is 5.60. The van der Waals surface area contributed by atoms with Crippen LogP contribution in [0.15, 0.2) is 24.3 Å². The highest BCUT2D eigenvalue weighted by Crippen LogP contribution is 2.21. The molecule has 24 heavy (non-hydrogen) atoms. The summed E-state index contributed by atoms with van der Waals surface area (Å²) in [6.45, 7) is 8.79. The SMILES string of the molecule is CC(C)Oc1ccc(N2CCN(C(=O)NCCN(C)C)CC2)cc1. The summed E-state index contributed by atoms with van der Waals surface area (Å²) in [5, 5.41) is 2.97. The number of benzene rings is 1. The van der Waals surface area contributed by atoms with Crippen LogP contribution in [0, 0.1) is 0 Å². The van der Waals surface area contributed by atoms with Crippen molar-refractivity contribution >= 4 is 11.7 Å². The Morgan fingerprint density at radius 1 is 1.17 bits per heavy atom. The number of carbonyl (C=O) groups excluding carboxylic acids is 1. The number of nitrogens with zero attached hydrogens (tertiary/aromatic N) is 3. The van der Waals surface area contributed by atoms with Gasteiger partial charge in [0.25, 0.3) is 0 Å². The lowest BCUT2D eigenvalue weighted by atomic mass is 10.2. The van der Waals surface area contributed by atoms with Gasteiger partial charge in [0.1, 0.15) is 5.75 Å². The van der Waals surface area contributed by atoms with Crippen LogP contribution in [-0.2, 0) is 0 Å². The van der Waals surface area contributed by atoms with Crippen LogP contribution in [0.3, 0.4) is 0 Å². The van der Waals surface area contributed by atoms with Gasteiger partial charge in [-0.3, -0.25) is 0 Å². The molecule has 2 rings (SSSR count). The first kappa shape index (κ1) is 18.4. The minimum Gasteiger partial charge on any atom is -0.491 e. The zero-order valence-electron chi connectivity index (χ0n) is 15.3. The molecule has 1 N–H and O–H groups in total. The van der Waals surface area contributed by atoms with Gasteiger partial charge in [-0.05, 0) is 52.2 Å². The molecule has 0 radical (unpaired) electrons. The highest BCUT2D eigenvalue weighted by atomic mass is 16.5. The van der Waals surface area contributed by atoms with Crippen molar-refractivity contribution in [1.82, 2.24) is 15.1 Å². The number of amides is 2. The number of hydrogen-bond donors (Lipinski definition) is 1. The van der Waals surface area contributed by atoms with Crippen LogP contribution in [-0.4, -0.2) is 75.3 Å². The first-order chi connectivity index (χ1) is 11.5.